The molecular formula is C16H26N2. The summed E-state index contributed by atoms with van der Waals surface area (Å²) in [4.78, 5) is 2.46. The van der Waals surface area contributed by atoms with Gasteiger partial charge in [0.25, 0.3) is 0 Å². The van der Waals surface area contributed by atoms with Crippen LogP contribution in [0, 0.1) is 5.92 Å². The average molecular weight is 246 g/mol. The minimum absolute atomic E-state index is 0.601. The van der Waals surface area contributed by atoms with Crippen LogP contribution in [0.15, 0.2) is 24.3 Å². The zero-order valence-electron chi connectivity index (χ0n) is 12.1. The second kappa shape index (κ2) is 5.75. The molecule has 0 aromatic heterocycles. The van der Waals surface area contributed by atoms with Crippen LogP contribution in [0.1, 0.15) is 32.8 Å². The van der Waals surface area contributed by atoms with Crippen molar-refractivity contribution in [3.8, 4) is 0 Å². The Balaban J connectivity index is 1.99. The molecule has 1 aliphatic rings. The molecule has 3 unspecified atom stereocenters. The molecule has 1 fully saturated rings. The van der Waals surface area contributed by atoms with Gasteiger partial charge in [0.15, 0.2) is 0 Å². The van der Waals surface area contributed by atoms with Crippen molar-refractivity contribution >= 4 is 5.69 Å². The molecule has 0 spiro atoms. The number of piperidine rings is 1. The summed E-state index contributed by atoms with van der Waals surface area (Å²) in [7, 11) is 2.23. The number of nitrogens with one attached hydrogen (secondary N) is 1. The van der Waals surface area contributed by atoms with E-state index in [1.54, 1.807) is 0 Å². The van der Waals surface area contributed by atoms with E-state index < -0.39 is 0 Å². The molecular weight excluding hydrogens is 220 g/mol. The fourth-order valence-corrected chi connectivity index (χ4v) is 2.79. The normalized spacial score (nSPS) is 29.2. The van der Waals surface area contributed by atoms with E-state index in [-0.39, 0.29) is 0 Å². The minimum atomic E-state index is 0.601. The molecule has 1 aliphatic heterocycles. The lowest BCUT2D eigenvalue weighted by Crippen LogP contribution is -2.48. The van der Waals surface area contributed by atoms with Crippen molar-refractivity contribution in [1.82, 2.24) is 4.90 Å². The molecule has 0 radical (unpaired) electrons. The largest absolute Gasteiger partial charge is 0.382 e. The first-order chi connectivity index (χ1) is 8.60. The maximum atomic E-state index is 3.71. The Hall–Kier alpha value is -1.02. The summed E-state index contributed by atoms with van der Waals surface area (Å²) in [5, 5.41) is 3.71. The second-order valence-corrected chi connectivity index (χ2v) is 5.80. The van der Waals surface area contributed by atoms with E-state index in [1.807, 2.05) is 0 Å². The summed E-state index contributed by atoms with van der Waals surface area (Å²) in [6.07, 6.45) is 2.34. The number of anilines is 1. The zero-order valence-corrected chi connectivity index (χ0v) is 12.1. The van der Waals surface area contributed by atoms with E-state index in [4.69, 9.17) is 0 Å². The van der Waals surface area contributed by atoms with Gasteiger partial charge in [-0.15, -0.1) is 0 Å². The standard InChI is InChI=1S/C16H26N2/c1-5-14-6-8-15(9-7-14)17-16-10-13(3)18(4)11-12(16)2/h6-9,12-13,16-17H,5,10-11H2,1-4H3. The predicted molar refractivity (Wildman–Crippen MR) is 79.1 cm³/mol. The third-order valence-corrected chi connectivity index (χ3v) is 4.32. The Bertz CT molecular complexity index is 371. The molecule has 1 saturated heterocycles. The fraction of sp³-hybridized carbons (Fsp3) is 0.625. The quantitative estimate of drug-likeness (QED) is 0.879. The first kappa shape index (κ1) is 13.4. The van der Waals surface area contributed by atoms with Gasteiger partial charge in [0.05, 0.1) is 0 Å². The van der Waals surface area contributed by atoms with E-state index in [1.165, 1.54) is 24.2 Å². The number of aryl methyl sites for hydroxylation is 1. The van der Waals surface area contributed by atoms with Gasteiger partial charge in [0.2, 0.25) is 0 Å². The van der Waals surface area contributed by atoms with Crippen molar-refractivity contribution in [2.75, 3.05) is 18.9 Å². The SMILES string of the molecule is CCc1ccc(NC2CC(C)N(C)CC2C)cc1. The summed E-state index contributed by atoms with van der Waals surface area (Å²) < 4.78 is 0. The van der Waals surface area contributed by atoms with Gasteiger partial charge in [0, 0.05) is 24.3 Å². The molecule has 2 heteroatoms. The predicted octanol–water partition coefficient (Wildman–Crippen LogP) is 3.39. The van der Waals surface area contributed by atoms with Gasteiger partial charge in [-0.3, -0.25) is 0 Å². The summed E-state index contributed by atoms with van der Waals surface area (Å²) >= 11 is 0. The number of hydrogen-bond acceptors (Lipinski definition) is 2. The Morgan fingerprint density at radius 3 is 2.50 bits per heavy atom. The van der Waals surface area contributed by atoms with Gasteiger partial charge in [-0.05, 0) is 50.4 Å². The number of likely N-dealkylation sites (tertiary alicyclic amines) is 1. The zero-order chi connectivity index (χ0) is 13.1. The molecule has 1 heterocycles. The molecule has 1 aromatic rings. The first-order valence-electron chi connectivity index (χ1n) is 7.16. The monoisotopic (exact) mass is 246 g/mol. The van der Waals surface area contributed by atoms with Crippen molar-refractivity contribution in [3.63, 3.8) is 0 Å². The van der Waals surface area contributed by atoms with Crippen molar-refractivity contribution < 1.29 is 0 Å². The Kier molecular flexibility index (Phi) is 4.28. The number of rotatable bonds is 3. The number of nitrogens with zero attached hydrogens (tertiary/aromatic N) is 1. The molecule has 100 valence electrons. The lowest BCUT2D eigenvalue weighted by Gasteiger charge is -2.40. The van der Waals surface area contributed by atoms with Crippen LogP contribution in [0.5, 0.6) is 0 Å². The van der Waals surface area contributed by atoms with Crippen LogP contribution in [-0.2, 0) is 6.42 Å². The Morgan fingerprint density at radius 1 is 1.22 bits per heavy atom. The summed E-state index contributed by atoms with van der Waals surface area (Å²) in [5.41, 5.74) is 2.67. The maximum Gasteiger partial charge on any atom is 0.0342 e. The Morgan fingerprint density at radius 2 is 1.89 bits per heavy atom. The molecule has 0 saturated carbocycles. The minimum Gasteiger partial charge on any atom is -0.382 e. The smallest absolute Gasteiger partial charge is 0.0342 e. The topological polar surface area (TPSA) is 15.3 Å². The van der Waals surface area contributed by atoms with Gasteiger partial charge in [-0.25, -0.2) is 0 Å². The summed E-state index contributed by atoms with van der Waals surface area (Å²) in [6.45, 7) is 8.05. The van der Waals surface area contributed by atoms with Gasteiger partial charge in [0.1, 0.15) is 0 Å². The molecule has 18 heavy (non-hydrogen) atoms. The lowest BCUT2D eigenvalue weighted by molar-refractivity contribution is 0.145. The second-order valence-electron chi connectivity index (χ2n) is 5.80. The summed E-state index contributed by atoms with van der Waals surface area (Å²) in [6, 6.07) is 10.2. The maximum absolute atomic E-state index is 3.71. The molecule has 0 bridgehead atoms. The lowest BCUT2D eigenvalue weighted by atomic mass is 9.89. The van der Waals surface area contributed by atoms with Gasteiger partial charge in [-0.1, -0.05) is 26.0 Å². The van der Waals surface area contributed by atoms with E-state index in [2.05, 4.69) is 62.3 Å². The third kappa shape index (κ3) is 3.05. The van der Waals surface area contributed by atoms with Crippen molar-refractivity contribution in [2.24, 2.45) is 5.92 Å². The Labute approximate surface area is 111 Å². The van der Waals surface area contributed by atoms with E-state index in [0.717, 1.165) is 6.42 Å². The highest BCUT2D eigenvalue weighted by Crippen LogP contribution is 2.24. The van der Waals surface area contributed by atoms with Crippen LogP contribution in [0.25, 0.3) is 0 Å². The van der Waals surface area contributed by atoms with E-state index in [9.17, 15) is 0 Å². The molecule has 0 aliphatic carbocycles. The molecule has 0 amide bonds. The van der Waals surface area contributed by atoms with Crippen LogP contribution in [0.4, 0.5) is 5.69 Å². The molecule has 1 N–H and O–H groups in total. The van der Waals surface area contributed by atoms with Crippen LogP contribution in [-0.4, -0.2) is 30.6 Å². The molecule has 2 rings (SSSR count). The third-order valence-electron chi connectivity index (χ3n) is 4.32. The highest BCUT2D eigenvalue weighted by molar-refractivity contribution is 5.45. The first-order valence-corrected chi connectivity index (χ1v) is 7.16. The number of hydrogen-bond donors (Lipinski definition) is 1. The van der Waals surface area contributed by atoms with Gasteiger partial charge in [-0.2, -0.15) is 0 Å². The highest BCUT2D eigenvalue weighted by atomic mass is 15.2. The molecule has 3 atom stereocenters. The van der Waals surface area contributed by atoms with E-state index >= 15 is 0 Å². The van der Waals surface area contributed by atoms with Crippen molar-refractivity contribution in [1.29, 1.82) is 0 Å². The highest BCUT2D eigenvalue weighted by Gasteiger charge is 2.28. The number of benzene rings is 1. The average Bonchev–Trinajstić information content (AvgIpc) is 2.37. The van der Waals surface area contributed by atoms with Gasteiger partial charge < -0.3 is 10.2 Å². The van der Waals surface area contributed by atoms with Crippen molar-refractivity contribution in [3.05, 3.63) is 29.8 Å². The molecule has 1 aromatic carbocycles. The van der Waals surface area contributed by atoms with E-state index in [0.29, 0.717) is 18.0 Å². The van der Waals surface area contributed by atoms with Crippen LogP contribution >= 0.6 is 0 Å². The molecule has 2 nitrogen and oxygen atoms in total. The summed E-state index contributed by atoms with van der Waals surface area (Å²) in [5.74, 6) is 0.706. The van der Waals surface area contributed by atoms with Gasteiger partial charge >= 0.3 is 0 Å². The fourth-order valence-electron chi connectivity index (χ4n) is 2.79. The van der Waals surface area contributed by atoms with Crippen molar-refractivity contribution in [2.45, 2.75) is 45.7 Å². The van der Waals surface area contributed by atoms with Crippen LogP contribution in [0.3, 0.4) is 0 Å². The van der Waals surface area contributed by atoms with Crippen LogP contribution in [0.2, 0.25) is 0 Å². The van der Waals surface area contributed by atoms with Crippen LogP contribution < -0.4 is 5.32 Å².